The highest BCUT2D eigenvalue weighted by molar-refractivity contribution is 5.96. The van der Waals surface area contributed by atoms with Crippen molar-refractivity contribution in [1.29, 1.82) is 0 Å². The summed E-state index contributed by atoms with van der Waals surface area (Å²) in [5.41, 5.74) is 11.8. The van der Waals surface area contributed by atoms with Gasteiger partial charge in [0, 0.05) is 6.54 Å². The van der Waals surface area contributed by atoms with Crippen LogP contribution in [0.25, 0.3) is 0 Å². The summed E-state index contributed by atoms with van der Waals surface area (Å²) in [6.07, 6.45) is 0.438. The van der Waals surface area contributed by atoms with Crippen molar-refractivity contribution in [1.82, 2.24) is 15.5 Å². The van der Waals surface area contributed by atoms with Crippen LogP contribution in [0.5, 0.6) is 5.75 Å². The van der Waals surface area contributed by atoms with E-state index in [0.717, 1.165) is 0 Å². The van der Waals surface area contributed by atoms with Gasteiger partial charge in [0.05, 0.1) is 12.5 Å². The molecule has 1 aliphatic rings. The van der Waals surface area contributed by atoms with E-state index in [1.54, 1.807) is 12.1 Å². The van der Waals surface area contributed by atoms with Crippen LogP contribution in [0, 0.1) is 0 Å². The van der Waals surface area contributed by atoms with Crippen molar-refractivity contribution in [2.75, 3.05) is 13.1 Å². The van der Waals surface area contributed by atoms with Crippen LogP contribution >= 0.6 is 0 Å². The topological polar surface area (TPSA) is 205 Å². The van der Waals surface area contributed by atoms with Crippen molar-refractivity contribution >= 4 is 29.6 Å². The van der Waals surface area contributed by atoms with Crippen molar-refractivity contribution in [2.24, 2.45) is 11.5 Å². The van der Waals surface area contributed by atoms with E-state index in [2.05, 4.69) is 10.6 Å². The summed E-state index contributed by atoms with van der Waals surface area (Å²) in [7, 11) is 0. The standard InChI is InChI=1S/C20H27N5O7/c21-13(8-11-3-5-12(26)6-4-11)18(30)24-14(9-16(22)27)20(32)25-7-1-2-15(25)19(31)23-10-17(28)29/h3-6,13-15,26H,1-2,7-10,21H2,(H2,22,27)(H,23,31)(H,24,30)(H,28,29). The lowest BCUT2D eigenvalue weighted by Crippen LogP contribution is -2.56. The molecule has 0 aliphatic carbocycles. The predicted molar refractivity (Wildman–Crippen MR) is 111 cm³/mol. The number of likely N-dealkylation sites (tertiary alicyclic amines) is 1. The largest absolute Gasteiger partial charge is 0.508 e. The Balaban J connectivity index is 2.07. The average molecular weight is 449 g/mol. The van der Waals surface area contributed by atoms with Gasteiger partial charge in [0.2, 0.25) is 23.6 Å². The number of phenolic OH excluding ortho intramolecular Hbond substituents is 1. The molecule has 12 nitrogen and oxygen atoms in total. The molecule has 1 aromatic carbocycles. The Hall–Kier alpha value is -3.67. The summed E-state index contributed by atoms with van der Waals surface area (Å²) in [5, 5.41) is 22.7. The van der Waals surface area contributed by atoms with Gasteiger partial charge in [-0.25, -0.2) is 0 Å². The third-order valence-corrected chi connectivity index (χ3v) is 5.00. The van der Waals surface area contributed by atoms with Gasteiger partial charge in [0.1, 0.15) is 24.4 Å². The van der Waals surface area contributed by atoms with E-state index in [1.165, 1.54) is 17.0 Å². The Labute approximate surface area is 183 Å². The van der Waals surface area contributed by atoms with E-state index in [4.69, 9.17) is 16.6 Å². The average Bonchev–Trinajstić information content (AvgIpc) is 3.22. The highest BCUT2D eigenvalue weighted by Gasteiger charge is 2.38. The van der Waals surface area contributed by atoms with Crippen LogP contribution in [0.3, 0.4) is 0 Å². The Kier molecular flexibility index (Phi) is 8.53. The maximum absolute atomic E-state index is 13.0. The Morgan fingerprint density at radius 3 is 2.41 bits per heavy atom. The molecule has 1 fully saturated rings. The van der Waals surface area contributed by atoms with E-state index in [-0.39, 0.29) is 18.7 Å². The lowest BCUT2D eigenvalue weighted by molar-refractivity contribution is -0.143. The smallest absolute Gasteiger partial charge is 0.322 e. The van der Waals surface area contributed by atoms with Crippen LogP contribution in [0.2, 0.25) is 0 Å². The molecule has 2 rings (SSSR count). The molecule has 0 bridgehead atoms. The number of carboxylic acid groups (broad SMARTS) is 1. The third kappa shape index (κ3) is 6.94. The number of aliphatic carboxylic acids is 1. The fraction of sp³-hybridized carbons (Fsp3) is 0.450. The number of hydrogen-bond donors (Lipinski definition) is 6. The van der Waals surface area contributed by atoms with Gasteiger partial charge in [-0.1, -0.05) is 12.1 Å². The number of rotatable bonds is 10. The quantitative estimate of drug-likeness (QED) is 0.231. The van der Waals surface area contributed by atoms with Crippen molar-refractivity contribution in [3.63, 3.8) is 0 Å². The minimum atomic E-state index is -1.32. The molecule has 32 heavy (non-hydrogen) atoms. The molecule has 8 N–H and O–H groups in total. The summed E-state index contributed by atoms with van der Waals surface area (Å²) in [6.45, 7) is -0.389. The molecule has 0 saturated carbocycles. The van der Waals surface area contributed by atoms with Crippen molar-refractivity contribution in [3.05, 3.63) is 29.8 Å². The van der Waals surface area contributed by atoms with Gasteiger partial charge < -0.3 is 37.2 Å². The van der Waals surface area contributed by atoms with E-state index in [1.807, 2.05) is 0 Å². The second kappa shape index (κ2) is 11.1. The van der Waals surface area contributed by atoms with Crippen molar-refractivity contribution in [3.8, 4) is 5.75 Å². The molecule has 0 aromatic heterocycles. The first kappa shape index (κ1) is 24.6. The minimum Gasteiger partial charge on any atom is -0.508 e. The van der Waals surface area contributed by atoms with Gasteiger partial charge in [0.25, 0.3) is 0 Å². The van der Waals surface area contributed by atoms with E-state index >= 15 is 0 Å². The lowest BCUT2D eigenvalue weighted by atomic mass is 10.0. The Morgan fingerprint density at radius 1 is 1.16 bits per heavy atom. The number of amides is 4. The fourth-order valence-corrected chi connectivity index (χ4v) is 3.44. The number of nitrogens with one attached hydrogen (secondary N) is 2. The fourth-order valence-electron chi connectivity index (χ4n) is 3.44. The highest BCUT2D eigenvalue weighted by atomic mass is 16.4. The van der Waals surface area contributed by atoms with E-state index in [0.29, 0.717) is 18.4 Å². The first-order valence-corrected chi connectivity index (χ1v) is 10.0. The minimum absolute atomic E-state index is 0.0615. The normalized spacial score (nSPS) is 17.3. The number of carboxylic acids is 1. The number of aromatic hydroxyl groups is 1. The lowest BCUT2D eigenvalue weighted by Gasteiger charge is -2.28. The number of benzene rings is 1. The van der Waals surface area contributed by atoms with E-state index < -0.39 is 60.7 Å². The summed E-state index contributed by atoms with van der Waals surface area (Å²) in [5.74, 6) is -4.00. The van der Waals surface area contributed by atoms with Crippen LogP contribution in [0.15, 0.2) is 24.3 Å². The number of hydrogen-bond acceptors (Lipinski definition) is 7. The summed E-state index contributed by atoms with van der Waals surface area (Å²) < 4.78 is 0. The SMILES string of the molecule is NC(=O)CC(NC(=O)C(N)Cc1ccc(O)cc1)C(=O)N1CCCC1C(=O)NCC(=O)O. The van der Waals surface area contributed by atoms with Gasteiger partial charge in [0.15, 0.2) is 0 Å². The molecule has 0 radical (unpaired) electrons. The second-order valence-electron chi connectivity index (χ2n) is 7.51. The molecule has 1 aromatic rings. The third-order valence-electron chi connectivity index (χ3n) is 5.00. The van der Waals surface area contributed by atoms with Crippen LogP contribution in [-0.4, -0.2) is 75.9 Å². The molecule has 0 spiro atoms. The van der Waals surface area contributed by atoms with Crippen LogP contribution in [-0.2, 0) is 30.4 Å². The summed E-state index contributed by atoms with van der Waals surface area (Å²) in [6, 6.07) is 2.80. The van der Waals surface area contributed by atoms with Gasteiger partial charge in [-0.2, -0.15) is 0 Å². The van der Waals surface area contributed by atoms with Crippen molar-refractivity contribution < 1.29 is 34.2 Å². The van der Waals surface area contributed by atoms with Gasteiger partial charge in [-0.15, -0.1) is 0 Å². The number of primary amides is 1. The predicted octanol–water partition coefficient (Wildman–Crippen LogP) is -2.19. The molecule has 3 atom stereocenters. The maximum Gasteiger partial charge on any atom is 0.322 e. The Morgan fingerprint density at radius 2 is 1.81 bits per heavy atom. The van der Waals surface area contributed by atoms with Crippen LogP contribution < -0.4 is 22.1 Å². The number of carbonyl (C=O) groups excluding carboxylic acids is 4. The van der Waals surface area contributed by atoms with Gasteiger partial charge >= 0.3 is 5.97 Å². The number of nitrogens with zero attached hydrogens (tertiary/aromatic N) is 1. The van der Waals surface area contributed by atoms with Crippen LogP contribution in [0.1, 0.15) is 24.8 Å². The summed E-state index contributed by atoms with van der Waals surface area (Å²) in [4.78, 5) is 61.3. The van der Waals surface area contributed by atoms with Crippen LogP contribution in [0.4, 0.5) is 0 Å². The molecular formula is C20H27N5O7. The first-order valence-electron chi connectivity index (χ1n) is 10.0. The molecule has 1 heterocycles. The van der Waals surface area contributed by atoms with E-state index in [9.17, 15) is 29.1 Å². The zero-order valence-corrected chi connectivity index (χ0v) is 17.3. The molecule has 4 amide bonds. The summed E-state index contributed by atoms with van der Waals surface area (Å²) >= 11 is 0. The highest BCUT2D eigenvalue weighted by Crippen LogP contribution is 2.19. The zero-order chi connectivity index (χ0) is 23.8. The molecule has 1 aliphatic heterocycles. The van der Waals surface area contributed by atoms with Crippen molar-refractivity contribution in [2.45, 2.75) is 43.8 Å². The second-order valence-corrected chi connectivity index (χ2v) is 7.51. The van der Waals surface area contributed by atoms with Gasteiger partial charge in [-0.3, -0.25) is 24.0 Å². The molecular weight excluding hydrogens is 422 g/mol. The first-order chi connectivity index (χ1) is 15.1. The molecule has 174 valence electrons. The number of nitrogens with two attached hydrogens (primary N) is 2. The number of carbonyl (C=O) groups is 5. The number of phenols is 1. The maximum atomic E-state index is 13.0. The Bertz CT molecular complexity index is 874. The monoisotopic (exact) mass is 449 g/mol. The zero-order valence-electron chi connectivity index (χ0n) is 17.3. The molecule has 1 saturated heterocycles. The molecule has 3 unspecified atom stereocenters. The molecule has 12 heteroatoms. The van der Waals surface area contributed by atoms with Gasteiger partial charge in [-0.05, 0) is 37.0 Å².